The Kier molecular flexibility index (Phi) is 5.30. The molecule has 0 saturated carbocycles. The molecule has 2 amide bonds. The van der Waals surface area contributed by atoms with Crippen LogP contribution in [0.4, 0.5) is 10.6 Å². The maximum Gasteiger partial charge on any atom is 0.320 e. The number of aliphatic hydroxyl groups is 1. The molecule has 0 unspecified atom stereocenters. The summed E-state index contributed by atoms with van der Waals surface area (Å²) in [5.74, 6) is 0.513. The molecule has 0 bridgehead atoms. The SMILES string of the molecule is Cc1cccc(NC(=O)N[C@H](C)C[C@@H](O)c2cccs2)n1. The second kappa shape index (κ2) is 7.19. The van der Waals surface area contributed by atoms with Crippen LogP contribution in [-0.4, -0.2) is 22.2 Å². The van der Waals surface area contributed by atoms with Crippen molar-refractivity contribution in [2.75, 3.05) is 5.32 Å². The van der Waals surface area contributed by atoms with E-state index in [1.54, 1.807) is 6.07 Å². The van der Waals surface area contributed by atoms with Crippen molar-refractivity contribution in [2.24, 2.45) is 0 Å². The molecule has 5 nitrogen and oxygen atoms in total. The molecule has 0 spiro atoms. The first-order valence-corrected chi connectivity index (χ1v) is 7.65. The Morgan fingerprint density at radius 2 is 2.19 bits per heavy atom. The van der Waals surface area contributed by atoms with E-state index in [1.807, 2.05) is 43.5 Å². The van der Waals surface area contributed by atoms with Gasteiger partial charge in [0.1, 0.15) is 5.82 Å². The van der Waals surface area contributed by atoms with Gasteiger partial charge >= 0.3 is 6.03 Å². The average molecular weight is 305 g/mol. The van der Waals surface area contributed by atoms with E-state index >= 15 is 0 Å². The van der Waals surface area contributed by atoms with Crippen LogP contribution in [0, 0.1) is 6.92 Å². The lowest BCUT2D eigenvalue weighted by molar-refractivity contribution is 0.158. The molecule has 2 aromatic heterocycles. The highest BCUT2D eigenvalue weighted by atomic mass is 32.1. The number of aromatic nitrogens is 1. The Balaban J connectivity index is 1.82. The Morgan fingerprint density at radius 3 is 2.86 bits per heavy atom. The summed E-state index contributed by atoms with van der Waals surface area (Å²) < 4.78 is 0. The van der Waals surface area contributed by atoms with Crippen molar-refractivity contribution in [3.05, 3.63) is 46.3 Å². The number of hydrogen-bond donors (Lipinski definition) is 3. The summed E-state index contributed by atoms with van der Waals surface area (Å²) in [6, 6.07) is 8.75. The molecule has 0 aliphatic heterocycles. The number of carbonyl (C=O) groups excluding carboxylic acids is 1. The number of hydrogen-bond acceptors (Lipinski definition) is 4. The van der Waals surface area contributed by atoms with Crippen molar-refractivity contribution in [2.45, 2.75) is 32.4 Å². The molecule has 3 N–H and O–H groups in total. The summed E-state index contributed by atoms with van der Waals surface area (Å²) in [5, 5.41) is 17.4. The van der Waals surface area contributed by atoms with Gasteiger partial charge in [0, 0.05) is 16.6 Å². The summed E-state index contributed by atoms with van der Waals surface area (Å²) in [4.78, 5) is 17.0. The Morgan fingerprint density at radius 1 is 1.38 bits per heavy atom. The maximum absolute atomic E-state index is 11.9. The third-order valence-corrected chi connectivity index (χ3v) is 3.93. The number of aryl methyl sites for hydroxylation is 1. The first-order valence-electron chi connectivity index (χ1n) is 6.77. The van der Waals surface area contributed by atoms with E-state index in [0.717, 1.165) is 10.6 Å². The van der Waals surface area contributed by atoms with Crippen LogP contribution in [0.5, 0.6) is 0 Å². The zero-order valence-corrected chi connectivity index (χ0v) is 12.9. The summed E-state index contributed by atoms with van der Waals surface area (Å²) in [5.41, 5.74) is 0.842. The number of aliphatic hydroxyl groups excluding tert-OH is 1. The fraction of sp³-hybridized carbons (Fsp3) is 0.333. The van der Waals surface area contributed by atoms with Gasteiger partial charge in [-0.25, -0.2) is 9.78 Å². The number of urea groups is 1. The highest BCUT2D eigenvalue weighted by Gasteiger charge is 2.15. The van der Waals surface area contributed by atoms with Crippen molar-refractivity contribution < 1.29 is 9.90 Å². The Labute approximate surface area is 128 Å². The summed E-state index contributed by atoms with van der Waals surface area (Å²) in [6.07, 6.45) is -0.0905. The highest BCUT2D eigenvalue weighted by Crippen LogP contribution is 2.22. The van der Waals surface area contributed by atoms with Gasteiger partial charge in [0.2, 0.25) is 0 Å². The zero-order chi connectivity index (χ0) is 15.2. The second-order valence-corrected chi connectivity index (χ2v) is 5.91. The van der Waals surface area contributed by atoms with Crippen molar-refractivity contribution in [1.29, 1.82) is 0 Å². The molecular weight excluding hydrogens is 286 g/mol. The molecule has 6 heteroatoms. The van der Waals surface area contributed by atoms with Crippen LogP contribution in [0.15, 0.2) is 35.7 Å². The quantitative estimate of drug-likeness (QED) is 0.794. The third-order valence-electron chi connectivity index (χ3n) is 2.96. The van der Waals surface area contributed by atoms with Crippen molar-refractivity contribution >= 4 is 23.2 Å². The fourth-order valence-electron chi connectivity index (χ4n) is 1.98. The zero-order valence-electron chi connectivity index (χ0n) is 12.0. The number of nitrogens with zero attached hydrogens (tertiary/aromatic N) is 1. The van der Waals surface area contributed by atoms with Crippen molar-refractivity contribution in [3.8, 4) is 0 Å². The smallest absolute Gasteiger partial charge is 0.320 e. The first-order chi connectivity index (χ1) is 10.0. The highest BCUT2D eigenvalue weighted by molar-refractivity contribution is 7.10. The van der Waals surface area contributed by atoms with Gasteiger partial charge in [0.05, 0.1) is 6.10 Å². The van der Waals surface area contributed by atoms with Crippen molar-refractivity contribution in [1.82, 2.24) is 10.3 Å². The second-order valence-electron chi connectivity index (χ2n) is 4.93. The van der Waals surface area contributed by atoms with Gasteiger partial charge in [-0.2, -0.15) is 0 Å². The normalized spacial score (nSPS) is 13.5. The predicted octanol–water partition coefficient (Wildman–Crippen LogP) is 3.09. The van der Waals surface area contributed by atoms with Crippen LogP contribution in [0.3, 0.4) is 0 Å². The van der Waals surface area contributed by atoms with Crippen molar-refractivity contribution in [3.63, 3.8) is 0 Å². The van der Waals surface area contributed by atoms with Crippen LogP contribution < -0.4 is 10.6 Å². The van der Waals surface area contributed by atoms with Gasteiger partial charge in [-0.3, -0.25) is 5.32 Å². The van der Waals surface area contributed by atoms with E-state index in [1.165, 1.54) is 11.3 Å². The topological polar surface area (TPSA) is 74.2 Å². The van der Waals surface area contributed by atoms with Gasteiger partial charge in [0.15, 0.2) is 0 Å². The molecule has 0 aliphatic carbocycles. The monoisotopic (exact) mass is 305 g/mol. The first kappa shape index (κ1) is 15.5. The molecule has 0 fully saturated rings. The minimum Gasteiger partial charge on any atom is -0.387 e. The van der Waals surface area contributed by atoms with E-state index < -0.39 is 6.10 Å². The van der Waals surface area contributed by atoms with E-state index in [2.05, 4.69) is 15.6 Å². The lowest BCUT2D eigenvalue weighted by Gasteiger charge is -2.17. The van der Waals surface area contributed by atoms with Crippen LogP contribution in [0.1, 0.15) is 30.0 Å². The lowest BCUT2D eigenvalue weighted by Crippen LogP contribution is -2.37. The molecule has 0 aliphatic rings. The average Bonchev–Trinajstić information content (AvgIpc) is 2.91. The standard InChI is InChI=1S/C15H19N3O2S/c1-10-5-3-7-14(16-10)18-15(20)17-11(2)9-12(19)13-6-4-8-21-13/h3-8,11-12,19H,9H2,1-2H3,(H2,16,17,18,20)/t11-,12-/m1/s1. The van der Waals surface area contributed by atoms with E-state index in [-0.39, 0.29) is 12.1 Å². The number of carbonyl (C=O) groups is 1. The fourth-order valence-corrected chi connectivity index (χ4v) is 2.70. The molecule has 2 heterocycles. The lowest BCUT2D eigenvalue weighted by atomic mass is 10.1. The van der Waals surface area contributed by atoms with Crippen LogP contribution in [-0.2, 0) is 0 Å². The summed E-state index contributed by atoms with van der Waals surface area (Å²) in [6.45, 7) is 3.73. The van der Waals surface area contributed by atoms with Gasteiger partial charge < -0.3 is 10.4 Å². The number of anilines is 1. The molecule has 2 aromatic rings. The predicted molar refractivity (Wildman–Crippen MR) is 84.5 cm³/mol. The summed E-state index contributed by atoms with van der Waals surface area (Å²) in [7, 11) is 0. The molecule has 0 radical (unpaired) electrons. The molecular formula is C15H19N3O2S. The van der Waals surface area contributed by atoms with Gasteiger partial charge in [-0.15, -0.1) is 11.3 Å². The number of thiophene rings is 1. The number of pyridine rings is 1. The number of nitrogens with one attached hydrogen (secondary N) is 2. The number of rotatable bonds is 5. The van der Waals surface area contributed by atoms with Crippen LogP contribution in [0.25, 0.3) is 0 Å². The van der Waals surface area contributed by atoms with E-state index in [0.29, 0.717) is 12.2 Å². The third kappa shape index (κ3) is 4.84. The Bertz CT molecular complexity index is 586. The summed E-state index contributed by atoms with van der Waals surface area (Å²) >= 11 is 1.51. The van der Waals surface area contributed by atoms with E-state index in [9.17, 15) is 9.90 Å². The van der Waals surface area contributed by atoms with Gasteiger partial charge in [-0.1, -0.05) is 12.1 Å². The van der Waals surface area contributed by atoms with E-state index in [4.69, 9.17) is 0 Å². The maximum atomic E-state index is 11.9. The molecule has 0 aromatic carbocycles. The molecule has 0 saturated heterocycles. The van der Waals surface area contributed by atoms with Gasteiger partial charge in [0.25, 0.3) is 0 Å². The van der Waals surface area contributed by atoms with Crippen LogP contribution >= 0.6 is 11.3 Å². The van der Waals surface area contributed by atoms with Gasteiger partial charge in [-0.05, 0) is 43.8 Å². The molecule has 21 heavy (non-hydrogen) atoms. The molecule has 2 atom stereocenters. The molecule has 2 rings (SSSR count). The Hall–Kier alpha value is -1.92. The molecule has 112 valence electrons. The minimum absolute atomic E-state index is 0.146. The number of amides is 2. The van der Waals surface area contributed by atoms with Crippen LogP contribution in [0.2, 0.25) is 0 Å². The minimum atomic E-state index is -0.558. The largest absolute Gasteiger partial charge is 0.387 e.